The summed E-state index contributed by atoms with van der Waals surface area (Å²) in [6.07, 6.45) is 6.94. The van der Waals surface area contributed by atoms with Gasteiger partial charge in [0.15, 0.2) is 22.9 Å². The van der Waals surface area contributed by atoms with E-state index >= 15 is 0 Å². The predicted molar refractivity (Wildman–Crippen MR) is 157 cm³/mol. The van der Waals surface area contributed by atoms with Gasteiger partial charge in [0.2, 0.25) is 0 Å². The number of hydrogen-bond acceptors (Lipinski definition) is 5. The third-order valence-corrected chi connectivity index (χ3v) is 16.8. The molecule has 7 heteroatoms. The van der Waals surface area contributed by atoms with Crippen molar-refractivity contribution in [3.8, 4) is 11.5 Å². The zero-order chi connectivity index (χ0) is 27.5. The lowest BCUT2D eigenvalue weighted by Gasteiger charge is -2.36. The van der Waals surface area contributed by atoms with Crippen molar-refractivity contribution in [3.05, 3.63) is 23.8 Å². The molecule has 0 aliphatic carbocycles. The summed E-state index contributed by atoms with van der Waals surface area (Å²) in [6.45, 7) is 25.6. The fourth-order valence-electron chi connectivity index (χ4n) is 3.06. The minimum atomic E-state index is -1.66. The van der Waals surface area contributed by atoms with Crippen molar-refractivity contribution in [2.75, 3.05) is 26.4 Å². The van der Waals surface area contributed by atoms with Crippen LogP contribution < -0.4 is 9.47 Å². The van der Waals surface area contributed by atoms with Crippen LogP contribution in [0.15, 0.2) is 18.2 Å². The van der Waals surface area contributed by atoms with E-state index < -0.39 is 16.6 Å². The molecule has 0 N–H and O–H groups in total. The van der Waals surface area contributed by atoms with Crippen LogP contribution in [0, 0.1) is 0 Å². The average Bonchev–Trinajstić information content (AvgIpc) is 2.76. The summed E-state index contributed by atoms with van der Waals surface area (Å²) in [7, 11) is -3.32. The topological polar surface area (TPSA) is 54.0 Å². The van der Waals surface area contributed by atoms with Gasteiger partial charge in [0.1, 0.15) is 11.5 Å². The van der Waals surface area contributed by atoms with Gasteiger partial charge < -0.3 is 18.3 Å². The Labute approximate surface area is 223 Å². The van der Waals surface area contributed by atoms with Crippen LogP contribution in [0.3, 0.4) is 0 Å². The highest BCUT2D eigenvalue weighted by atomic mass is 28.4. The van der Waals surface area contributed by atoms with Crippen LogP contribution in [0.2, 0.25) is 36.3 Å². The summed E-state index contributed by atoms with van der Waals surface area (Å²) in [5.41, 5.74) is 0.538. The molecule has 36 heavy (non-hydrogen) atoms. The normalized spacial score (nSPS) is 13.1. The standard InChI is InChI=1S/C29H54O5Si2/c1-28(2,3)35(7,8)33-21-15-11-13-19-31-26-17-18-27(25(23-26)24-30)32-20-14-12-16-22-34-36(9,10)29(4,5)6/h17-18,23-24H,11-16,19-22H2,1-10H3. The zero-order valence-corrected chi connectivity index (χ0v) is 26.9. The fourth-order valence-corrected chi connectivity index (χ4v) is 5.24. The maximum Gasteiger partial charge on any atom is 0.191 e. The monoisotopic (exact) mass is 538 g/mol. The molecule has 5 nitrogen and oxygen atoms in total. The van der Waals surface area contributed by atoms with Crippen molar-refractivity contribution >= 4 is 22.9 Å². The molecular weight excluding hydrogens is 484 g/mol. The molecule has 1 rings (SSSR count). The Bertz CT molecular complexity index is 779. The SMILES string of the molecule is CC(C)(C)[Si](C)(C)OCCCCCOc1ccc(OCCCCCO[Si](C)(C)C(C)(C)C)c(C=O)c1. The Balaban J connectivity index is 2.27. The molecular formula is C29H54O5Si2. The molecule has 0 amide bonds. The highest BCUT2D eigenvalue weighted by molar-refractivity contribution is 6.74. The molecule has 0 heterocycles. The van der Waals surface area contributed by atoms with Gasteiger partial charge in [-0.25, -0.2) is 0 Å². The van der Waals surface area contributed by atoms with Gasteiger partial charge in [-0.1, -0.05) is 41.5 Å². The molecule has 0 atom stereocenters. The van der Waals surface area contributed by atoms with E-state index in [2.05, 4.69) is 67.7 Å². The van der Waals surface area contributed by atoms with Crippen molar-refractivity contribution in [1.82, 2.24) is 0 Å². The maximum absolute atomic E-state index is 11.6. The van der Waals surface area contributed by atoms with Crippen LogP contribution in [-0.2, 0) is 8.85 Å². The van der Waals surface area contributed by atoms with Crippen LogP contribution >= 0.6 is 0 Å². The zero-order valence-electron chi connectivity index (χ0n) is 24.9. The molecule has 0 saturated carbocycles. The first-order valence-corrected chi connectivity index (χ1v) is 19.6. The summed E-state index contributed by atoms with van der Waals surface area (Å²) >= 11 is 0. The molecule has 208 valence electrons. The highest BCUT2D eigenvalue weighted by Gasteiger charge is 2.37. The largest absolute Gasteiger partial charge is 0.494 e. The Morgan fingerprint density at radius 2 is 1.11 bits per heavy atom. The Morgan fingerprint density at radius 3 is 1.56 bits per heavy atom. The first-order chi connectivity index (χ1) is 16.6. The summed E-state index contributed by atoms with van der Waals surface area (Å²) in [4.78, 5) is 11.6. The van der Waals surface area contributed by atoms with Gasteiger partial charge in [-0.15, -0.1) is 0 Å². The fraction of sp³-hybridized carbons (Fsp3) is 0.759. The van der Waals surface area contributed by atoms with Crippen molar-refractivity contribution in [2.24, 2.45) is 0 Å². The second-order valence-electron chi connectivity index (χ2n) is 12.9. The minimum Gasteiger partial charge on any atom is -0.494 e. The number of hydrogen-bond donors (Lipinski definition) is 0. The van der Waals surface area contributed by atoms with Crippen LogP contribution in [0.5, 0.6) is 11.5 Å². The molecule has 0 aliphatic rings. The number of unbranched alkanes of at least 4 members (excludes halogenated alkanes) is 4. The number of aldehydes is 1. The van der Waals surface area contributed by atoms with Crippen LogP contribution in [-0.4, -0.2) is 49.3 Å². The molecule has 0 fully saturated rings. The lowest BCUT2D eigenvalue weighted by atomic mass is 10.2. The third kappa shape index (κ3) is 11.5. The summed E-state index contributed by atoms with van der Waals surface area (Å²) < 4.78 is 24.2. The van der Waals surface area contributed by atoms with E-state index in [1.165, 1.54) is 0 Å². The van der Waals surface area contributed by atoms with Crippen LogP contribution in [0.4, 0.5) is 0 Å². The Kier molecular flexibility index (Phi) is 13.4. The molecule has 0 spiro atoms. The molecule has 0 aliphatic heterocycles. The third-order valence-electron chi connectivity index (χ3n) is 7.75. The number of carbonyl (C=O) groups is 1. The molecule has 0 bridgehead atoms. The maximum atomic E-state index is 11.6. The van der Waals surface area contributed by atoms with Gasteiger partial charge in [0.05, 0.1) is 18.8 Å². The second-order valence-corrected chi connectivity index (χ2v) is 22.5. The summed E-state index contributed by atoms with van der Waals surface area (Å²) in [6, 6.07) is 5.50. The average molecular weight is 539 g/mol. The number of rotatable bonds is 17. The van der Waals surface area contributed by atoms with E-state index in [4.69, 9.17) is 18.3 Å². The number of carbonyl (C=O) groups excluding carboxylic acids is 1. The van der Waals surface area contributed by atoms with E-state index in [0.717, 1.165) is 58.0 Å². The molecule has 0 saturated heterocycles. The molecule has 1 aromatic rings. The first kappa shape index (κ1) is 32.9. The van der Waals surface area contributed by atoms with E-state index in [-0.39, 0.29) is 10.1 Å². The van der Waals surface area contributed by atoms with Crippen LogP contribution in [0.25, 0.3) is 0 Å². The number of benzene rings is 1. The van der Waals surface area contributed by atoms with Crippen molar-refractivity contribution < 1.29 is 23.1 Å². The van der Waals surface area contributed by atoms with Gasteiger partial charge in [0.25, 0.3) is 0 Å². The van der Waals surface area contributed by atoms with Gasteiger partial charge in [-0.3, -0.25) is 4.79 Å². The van der Waals surface area contributed by atoms with Gasteiger partial charge in [0, 0.05) is 13.2 Å². The van der Waals surface area contributed by atoms with E-state index in [9.17, 15) is 4.79 Å². The number of ether oxygens (including phenoxy) is 2. The molecule has 0 aromatic heterocycles. The second kappa shape index (κ2) is 14.7. The van der Waals surface area contributed by atoms with Gasteiger partial charge in [-0.05, 0) is 93.0 Å². The smallest absolute Gasteiger partial charge is 0.191 e. The van der Waals surface area contributed by atoms with E-state index in [0.29, 0.717) is 30.3 Å². The lowest BCUT2D eigenvalue weighted by molar-refractivity contribution is 0.111. The predicted octanol–water partition coefficient (Wildman–Crippen LogP) is 8.64. The van der Waals surface area contributed by atoms with Crippen molar-refractivity contribution in [2.45, 2.75) is 116 Å². The molecule has 1 aromatic carbocycles. The quantitative estimate of drug-likeness (QED) is 0.113. The van der Waals surface area contributed by atoms with Crippen LogP contribution in [0.1, 0.15) is 90.4 Å². The van der Waals surface area contributed by atoms with E-state index in [1.54, 1.807) is 6.07 Å². The Morgan fingerprint density at radius 1 is 0.667 bits per heavy atom. The van der Waals surface area contributed by atoms with Crippen molar-refractivity contribution in [1.29, 1.82) is 0 Å². The van der Waals surface area contributed by atoms with E-state index in [1.807, 2.05) is 12.1 Å². The Hall–Kier alpha value is -1.16. The summed E-state index contributed by atoms with van der Waals surface area (Å²) in [5, 5.41) is 0.499. The minimum absolute atomic E-state index is 0.247. The van der Waals surface area contributed by atoms with Gasteiger partial charge >= 0.3 is 0 Å². The lowest BCUT2D eigenvalue weighted by Crippen LogP contribution is -2.40. The summed E-state index contributed by atoms with van der Waals surface area (Å²) in [5.74, 6) is 1.34. The molecule has 0 unspecified atom stereocenters. The molecule has 0 radical (unpaired) electrons. The van der Waals surface area contributed by atoms with Crippen molar-refractivity contribution in [3.63, 3.8) is 0 Å². The highest BCUT2D eigenvalue weighted by Crippen LogP contribution is 2.37. The van der Waals surface area contributed by atoms with Gasteiger partial charge in [-0.2, -0.15) is 0 Å². The first-order valence-electron chi connectivity index (χ1n) is 13.7.